The molecule has 0 amide bonds. The van der Waals surface area contributed by atoms with Gasteiger partial charge in [-0.25, -0.2) is 0 Å². The van der Waals surface area contributed by atoms with E-state index in [9.17, 15) is 0 Å². The van der Waals surface area contributed by atoms with Crippen LogP contribution in [0.3, 0.4) is 0 Å². The maximum absolute atomic E-state index is 5.79. The van der Waals surface area contributed by atoms with Crippen molar-refractivity contribution in [2.45, 2.75) is 5.79 Å². The summed E-state index contributed by atoms with van der Waals surface area (Å²) in [5.41, 5.74) is 1.50. The molecule has 0 aliphatic heterocycles. The Kier molecular flexibility index (Phi) is 6.12. The first-order valence-corrected chi connectivity index (χ1v) is 7.65. The molecule has 6 nitrogen and oxygen atoms in total. The quantitative estimate of drug-likeness (QED) is 0.683. The van der Waals surface area contributed by atoms with Crippen LogP contribution < -0.4 is 18.9 Å². The zero-order valence-corrected chi connectivity index (χ0v) is 15.4. The van der Waals surface area contributed by atoms with Crippen LogP contribution in [0.1, 0.15) is 11.1 Å². The highest BCUT2D eigenvalue weighted by Crippen LogP contribution is 2.41. The molecule has 6 heteroatoms. The molecule has 2 aromatic rings. The van der Waals surface area contributed by atoms with Gasteiger partial charge in [-0.05, 0) is 36.4 Å². The molecule has 2 rings (SSSR count). The summed E-state index contributed by atoms with van der Waals surface area (Å²) in [6.45, 7) is 0. The molecule has 0 saturated carbocycles. The molecule has 0 heterocycles. The van der Waals surface area contributed by atoms with E-state index in [1.165, 1.54) is 0 Å². The summed E-state index contributed by atoms with van der Waals surface area (Å²) in [7, 11) is 9.50. The van der Waals surface area contributed by atoms with E-state index in [-0.39, 0.29) is 0 Å². The molecule has 0 saturated heterocycles. The lowest BCUT2D eigenvalue weighted by atomic mass is 9.96. The second kappa shape index (κ2) is 8.09. The van der Waals surface area contributed by atoms with Crippen molar-refractivity contribution in [1.29, 1.82) is 0 Å². The number of hydrogen-bond donors (Lipinski definition) is 0. The van der Waals surface area contributed by atoms with E-state index in [1.54, 1.807) is 42.7 Å². The van der Waals surface area contributed by atoms with Crippen molar-refractivity contribution in [3.63, 3.8) is 0 Å². The average molecular weight is 348 g/mol. The van der Waals surface area contributed by atoms with E-state index in [0.717, 1.165) is 11.1 Å². The summed E-state index contributed by atoms with van der Waals surface area (Å²) in [6.07, 6.45) is 0. The zero-order valence-electron chi connectivity index (χ0n) is 15.4. The van der Waals surface area contributed by atoms with E-state index in [1.807, 2.05) is 36.4 Å². The summed E-state index contributed by atoms with van der Waals surface area (Å²) in [5, 5.41) is 0. The van der Waals surface area contributed by atoms with E-state index in [4.69, 9.17) is 28.4 Å². The maximum atomic E-state index is 5.79. The minimum absolute atomic E-state index is 0.582. The van der Waals surface area contributed by atoms with Crippen molar-refractivity contribution >= 4 is 0 Å². The first-order chi connectivity index (χ1) is 12.1. The van der Waals surface area contributed by atoms with Gasteiger partial charge in [-0.15, -0.1) is 0 Å². The molecule has 136 valence electrons. The van der Waals surface area contributed by atoms with Gasteiger partial charge in [-0.3, -0.25) is 0 Å². The third-order valence-electron chi connectivity index (χ3n) is 4.10. The SMILES string of the molecule is COc1ccc(C(OC)(OC)c2ccc(OC)c(OC)c2)cc1OC. The average Bonchev–Trinajstić information content (AvgIpc) is 2.68. The van der Waals surface area contributed by atoms with Gasteiger partial charge in [0.25, 0.3) is 0 Å². The Bertz CT molecular complexity index is 652. The monoisotopic (exact) mass is 348 g/mol. The Morgan fingerprint density at radius 3 is 1.16 bits per heavy atom. The fourth-order valence-electron chi connectivity index (χ4n) is 2.80. The molecule has 0 N–H and O–H groups in total. The standard InChI is InChI=1S/C19H24O6/c1-20-15-9-7-13(11-17(15)22-3)19(24-5,25-6)14-8-10-16(21-2)18(12-14)23-4/h7-12H,1-6H3. The second-order valence-electron chi connectivity index (χ2n) is 5.16. The minimum Gasteiger partial charge on any atom is -0.493 e. The molecule has 0 atom stereocenters. The topological polar surface area (TPSA) is 55.4 Å². The van der Waals surface area contributed by atoms with Gasteiger partial charge in [0.2, 0.25) is 5.79 Å². The molecule has 0 aliphatic carbocycles. The molecule has 0 aromatic heterocycles. The molecule has 0 bridgehead atoms. The molecule has 0 unspecified atom stereocenters. The molecule has 25 heavy (non-hydrogen) atoms. The van der Waals surface area contributed by atoms with Crippen molar-refractivity contribution < 1.29 is 28.4 Å². The largest absolute Gasteiger partial charge is 0.493 e. The number of benzene rings is 2. The summed E-state index contributed by atoms with van der Waals surface area (Å²) in [5.74, 6) is 1.27. The molecular formula is C19H24O6. The van der Waals surface area contributed by atoms with Crippen LogP contribution in [-0.4, -0.2) is 42.7 Å². The predicted octanol–water partition coefficient (Wildman–Crippen LogP) is 3.21. The van der Waals surface area contributed by atoms with E-state index in [0.29, 0.717) is 23.0 Å². The van der Waals surface area contributed by atoms with Crippen LogP contribution in [0.5, 0.6) is 23.0 Å². The van der Waals surface area contributed by atoms with Gasteiger partial charge in [0.05, 0.1) is 28.4 Å². The van der Waals surface area contributed by atoms with Gasteiger partial charge < -0.3 is 28.4 Å². The number of hydrogen-bond acceptors (Lipinski definition) is 6. The summed E-state index contributed by atoms with van der Waals surface area (Å²) < 4.78 is 33.0. The molecule has 0 spiro atoms. The van der Waals surface area contributed by atoms with Crippen LogP contribution in [0, 0.1) is 0 Å². The van der Waals surface area contributed by atoms with E-state index >= 15 is 0 Å². The van der Waals surface area contributed by atoms with Gasteiger partial charge in [-0.2, -0.15) is 0 Å². The molecule has 0 aliphatic rings. The van der Waals surface area contributed by atoms with Gasteiger partial charge >= 0.3 is 0 Å². The lowest BCUT2D eigenvalue weighted by molar-refractivity contribution is -0.183. The fourth-order valence-corrected chi connectivity index (χ4v) is 2.80. The predicted molar refractivity (Wildman–Crippen MR) is 93.9 cm³/mol. The Balaban J connectivity index is 2.63. The van der Waals surface area contributed by atoms with Gasteiger partial charge in [-0.1, -0.05) is 0 Å². The van der Waals surface area contributed by atoms with Gasteiger partial charge in [0.15, 0.2) is 23.0 Å². The fraction of sp³-hybridized carbons (Fsp3) is 0.368. The number of rotatable bonds is 8. The van der Waals surface area contributed by atoms with Crippen LogP contribution in [0.4, 0.5) is 0 Å². The lowest BCUT2D eigenvalue weighted by Gasteiger charge is -2.32. The first kappa shape index (κ1) is 18.9. The highest BCUT2D eigenvalue weighted by molar-refractivity contribution is 5.50. The number of methoxy groups -OCH3 is 6. The van der Waals surface area contributed by atoms with Crippen LogP contribution >= 0.6 is 0 Å². The Labute approximate surface area is 148 Å². The maximum Gasteiger partial charge on any atom is 0.222 e. The number of ether oxygens (including phenoxy) is 6. The van der Waals surface area contributed by atoms with E-state index in [2.05, 4.69) is 0 Å². The van der Waals surface area contributed by atoms with Crippen LogP contribution in [0.15, 0.2) is 36.4 Å². The Morgan fingerprint density at radius 2 is 0.880 bits per heavy atom. The van der Waals surface area contributed by atoms with Crippen LogP contribution in [0.2, 0.25) is 0 Å². The Hall–Kier alpha value is -2.44. The van der Waals surface area contributed by atoms with Crippen molar-refractivity contribution in [3.05, 3.63) is 47.5 Å². The molecule has 0 radical (unpaired) electrons. The van der Waals surface area contributed by atoms with Gasteiger partial charge in [0, 0.05) is 25.3 Å². The lowest BCUT2D eigenvalue weighted by Crippen LogP contribution is -2.32. The Morgan fingerprint density at radius 1 is 0.520 bits per heavy atom. The van der Waals surface area contributed by atoms with Crippen molar-refractivity contribution in [2.75, 3.05) is 42.7 Å². The van der Waals surface area contributed by atoms with Crippen LogP contribution in [0.25, 0.3) is 0 Å². The second-order valence-corrected chi connectivity index (χ2v) is 5.16. The molecular weight excluding hydrogens is 324 g/mol. The third kappa shape index (κ3) is 3.36. The highest BCUT2D eigenvalue weighted by Gasteiger charge is 2.36. The zero-order chi connectivity index (χ0) is 18.4. The molecule has 2 aromatic carbocycles. The summed E-state index contributed by atoms with van der Waals surface area (Å²) in [4.78, 5) is 0. The van der Waals surface area contributed by atoms with Crippen LogP contribution in [-0.2, 0) is 15.3 Å². The minimum atomic E-state index is -1.14. The highest BCUT2D eigenvalue weighted by atomic mass is 16.7. The third-order valence-corrected chi connectivity index (χ3v) is 4.10. The summed E-state index contributed by atoms with van der Waals surface area (Å²) >= 11 is 0. The van der Waals surface area contributed by atoms with Crippen molar-refractivity contribution in [3.8, 4) is 23.0 Å². The van der Waals surface area contributed by atoms with Crippen molar-refractivity contribution in [1.82, 2.24) is 0 Å². The van der Waals surface area contributed by atoms with Crippen molar-refractivity contribution in [2.24, 2.45) is 0 Å². The summed E-state index contributed by atoms with van der Waals surface area (Å²) in [6, 6.07) is 11.0. The molecule has 0 fully saturated rings. The smallest absolute Gasteiger partial charge is 0.222 e. The first-order valence-electron chi connectivity index (χ1n) is 7.65. The van der Waals surface area contributed by atoms with E-state index < -0.39 is 5.79 Å². The van der Waals surface area contributed by atoms with Gasteiger partial charge in [0.1, 0.15) is 0 Å². The normalized spacial score (nSPS) is 11.1.